The van der Waals surface area contributed by atoms with Gasteiger partial charge in [-0.1, -0.05) is 11.6 Å². The van der Waals surface area contributed by atoms with Crippen molar-refractivity contribution >= 4 is 23.2 Å². The van der Waals surface area contributed by atoms with Crippen molar-refractivity contribution in [2.24, 2.45) is 0 Å². The molecule has 80 valence electrons. The number of carbonyl (C=O) groups is 1. The first-order valence-corrected chi connectivity index (χ1v) is 5.25. The minimum absolute atomic E-state index is 0.0285. The van der Waals surface area contributed by atoms with Gasteiger partial charge in [-0.05, 0) is 24.5 Å². The Bertz CT molecular complexity index is 404. The van der Waals surface area contributed by atoms with Gasteiger partial charge in [-0.3, -0.25) is 4.79 Å². The van der Waals surface area contributed by atoms with Crippen molar-refractivity contribution in [3.8, 4) is 5.75 Å². The molecule has 1 aliphatic rings. The highest BCUT2D eigenvalue weighted by Crippen LogP contribution is 2.33. The Hall–Kier alpha value is -1.22. The van der Waals surface area contributed by atoms with Gasteiger partial charge in [0.05, 0.1) is 17.8 Å². The zero-order valence-electron chi connectivity index (χ0n) is 8.47. The van der Waals surface area contributed by atoms with Crippen LogP contribution >= 0.6 is 11.6 Å². The number of anilines is 1. The van der Waals surface area contributed by atoms with Crippen LogP contribution in [-0.4, -0.2) is 13.0 Å². The highest BCUT2D eigenvalue weighted by Gasteiger charge is 2.16. The predicted molar refractivity (Wildman–Crippen MR) is 59.6 cm³/mol. The lowest BCUT2D eigenvalue weighted by Crippen LogP contribution is -2.09. The summed E-state index contributed by atoms with van der Waals surface area (Å²) < 4.78 is 5.13. The Morgan fingerprint density at radius 1 is 1.40 bits per heavy atom. The molecule has 0 aliphatic carbocycles. The minimum Gasteiger partial charge on any atom is -0.497 e. The predicted octanol–water partition coefficient (Wildman–Crippen LogP) is 2.62. The second-order valence-corrected chi connectivity index (χ2v) is 3.95. The molecule has 1 aromatic carbocycles. The standard InChI is InChI=1S/C11H12ClNO2/c1-15-8-5-7-3-2-4-10(14)13-11(7)9(12)6-8/h5-6H,2-4H2,1H3,(H,13,14). The molecule has 15 heavy (non-hydrogen) atoms. The fraction of sp³-hybridized carbons (Fsp3) is 0.364. The summed E-state index contributed by atoms with van der Waals surface area (Å²) >= 11 is 6.07. The van der Waals surface area contributed by atoms with Gasteiger partial charge in [-0.2, -0.15) is 0 Å². The van der Waals surface area contributed by atoms with Crippen LogP contribution in [0.1, 0.15) is 18.4 Å². The number of hydrogen-bond donors (Lipinski definition) is 1. The van der Waals surface area contributed by atoms with E-state index in [0.29, 0.717) is 11.4 Å². The second-order valence-electron chi connectivity index (χ2n) is 3.55. The number of carbonyl (C=O) groups excluding carboxylic acids is 1. The summed E-state index contributed by atoms with van der Waals surface area (Å²) in [5, 5.41) is 3.36. The van der Waals surface area contributed by atoms with E-state index in [1.807, 2.05) is 6.07 Å². The Labute approximate surface area is 93.4 Å². The van der Waals surface area contributed by atoms with Gasteiger partial charge < -0.3 is 10.1 Å². The van der Waals surface area contributed by atoms with Gasteiger partial charge in [0.2, 0.25) is 5.91 Å². The number of aryl methyl sites for hydroxylation is 1. The van der Waals surface area contributed by atoms with Gasteiger partial charge in [-0.15, -0.1) is 0 Å². The highest BCUT2D eigenvalue weighted by atomic mass is 35.5. The van der Waals surface area contributed by atoms with Crippen LogP contribution in [0.2, 0.25) is 5.02 Å². The fourth-order valence-electron chi connectivity index (χ4n) is 1.73. The maximum atomic E-state index is 11.4. The zero-order valence-corrected chi connectivity index (χ0v) is 9.23. The van der Waals surface area contributed by atoms with Crippen LogP contribution < -0.4 is 10.1 Å². The first-order valence-electron chi connectivity index (χ1n) is 4.87. The highest BCUT2D eigenvalue weighted by molar-refractivity contribution is 6.34. The molecule has 0 unspecified atom stereocenters. The number of halogens is 1. The van der Waals surface area contributed by atoms with Gasteiger partial charge in [0, 0.05) is 12.5 Å². The molecule has 1 amide bonds. The second kappa shape index (κ2) is 4.11. The van der Waals surface area contributed by atoms with Crippen LogP contribution in [-0.2, 0) is 11.2 Å². The molecule has 0 radical (unpaired) electrons. The molecule has 0 spiro atoms. The van der Waals surface area contributed by atoms with Crippen LogP contribution in [0.5, 0.6) is 5.75 Å². The number of nitrogens with one attached hydrogen (secondary N) is 1. The number of hydrogen-bond acceptors (Lipinski definition) is 2. The average molecular weight is 226 g/mol. The van der Waals surface area contributed by atoms with Crippen LogP contribution in [0.3, 0.4) is 0 Å². The van der Waals surface area contributed by atoms with Crippen LogP contribution in [0, 0.1) is 0 Å². The summed E-state index contributed by atoms with van der Waals surface area (Å²) in [6.45, 7) is 0. The summed E-state index contributed by atoms with van der Waals surface area (Å²) in [5.41, 5.74) is 1.78. The lowest BCUT2D eigenvalue weighted by molar-refractivity contribution is -0.116. The Morgan fingerprint density at radius 3 is 2.93 bits per heavy atom. The van der Waals surface area contributed by atoms with E-state index in [0.717, 1.165) is 29.8 Å². The first kappa shape index (κ1) is 10.3. The number of methoxy groups -OCH3 is 1. The zero-order chi connectivity index (χ0) is 10.8. The van der Waals surface area contributed by atoms with Crippen LogP contribution in [0.25, 0.3) is 0 Å². The van der Waals surface area contributed by atoms with Gasteiger partial charge in [0.15, 0.2) is 0 Å². The molecule has 0 saturated heterocycles. The molecular formula is C11H12ClNO2. The third kappa shape index (κ3) is 2.07. The lowest BCUT2D eigenvalue weighted by atomic mass is 10.1. The maximum absolute atomic E-state index is 11.4. The topological polar surface area (TPSA) is 38.3 Å². The molecule has 0 aromatic heterocycles. The third-order valence-corrected chi connectivity index (χ3v) is 2.79. The van der Waals surface area contributed by atoms with Gasteiger partial charge in [0.1, 0.15) is 5.75 Å². The Kier molecular flexibility index (Phi) is 2.82. The molecular weight excluding hydrogens is 214 g/mol. The Morgan fingerprint density at radius 2 is 2.20 bits per heavy atom. The first-order chi connectivity index (χ1) is 7.20. The largest absolute Gasteiger partial charge is 0.497 e. The van der Waals surface area contributed by atoms with Gasteiger partial charge >= 0.3 is 0 Å². The minimum atomic E-state index is 0.0285. The monoisotopic (exact) mass is 225 g/mol. The van der Waals surface area contributed by atoms with E-state index in [9.17, 15) is 4.79 Å². The molecule has 3 nitrogen and oxygen atoms in total. The summed E-state index contributed by atoms with van der Waals surface area (Å²) in [6, 6.07) is 3.64. The summed E-state index contributed by atoms with van der Waals surface area (Å²) in [4.78, 5) is 11.4. The normalized spacial score (nSPS) is 15.2. The van der Waals surface area contributed by atoms with E-state index in [1.54, 1.807) is 13.2 Å². The van der Waals surface area contributed by atoms with Crippen molar-refractivity contribution in [3.05, 3.63) is 22.7 Å². The fourth-order valence-corrected chi connectivity index (χ4v) is 2.01. The van der Waals surface area contributed by atoms with E-state index in [-0.39, 0.29) is 5.91 Å². The van der Waals surface area contributed by atoms with Crippen molar-refractivity contribution in [1.29, 1.82) is 0 Å². The van der Waals surface area contributed by atoms with Crippen molar-refractivity contribution in [2.45, 2.75) is 19.3 Å². The maximum Gasteiger partial charge on any atom is 0.224 e. The quantitative estimate of drug-likeness (QED) is 0.798. The molecule has 1 aromatic rings. The molecule has 0 fully saturated rings. The molecule has 1 N–H and O–H groups in total. The number of rotatable bonds is 1. The Balaban J connectivity index is 2.46. The number of ether oxygens (including phenoxy) is 1. The summed E-state index contributed by atoms with van der Waals surface area (Å²) in [7, 11) is 1.60. The molecule has 4 heteroatoms. The lowest BCUT2D eigenvalue weighted by Gasteiger charge is -2.10. The van der Waals surface area contributed by atoms with Crippen molar-refractivity contribution in [1.82, 2.24) is 0 Å². The molecule has 0 bridgehead atoms. The molecule has 1 aliphatic heterocycles. The molecule has 1 heterocycles. The van der Waals surface area contributed by atoms with E-state index in [2.05, 4.69) is 5.32 Å². The van der Waals surface area contributed by atoms with Crippen LogP contribution in [0.4, 0.5) is 5.69 Å². The number of benzene rings is 1. The third-order valence-electron chi connectivity index (χ3n) is 2.50. The molecule has 0 atom stereocenters. The van der Waals surface area contributed by atoms with E-state index in [1.165, 1.54) is 0 Å². The average Bonchev–Trinajstić information content (AvgIpc) is 2.39. The van der Waals surface area contributed by atoms with E-state index in [4.69, 9.17) is 16.3 Å². The van der Waals surface area contributed by atoms with Gasteiger partial charge in [0.25, 0.3) is 0 Å². The van der Waals surface area contributed by atoms with Crippen molar-refractivity contribution in [2.75, 3.05) is 12.4 Å². The smallest absolute Gasteiger partial charge is 0.224 e. The van der Waals surface area contributed by atoms with Gasteiger partial charge in [-0.25, -0.2) is 0 Å². The number of fused-ring (bicyclic) bond motifs is 1. The van der Waals surface area contributed by atoms with E-state index < -0.39 is 0 Å². The van der Waals surface area contributed by atoms with E-state index >= 15 is 0 Å². The molecule has 2 rings (SSSR count). The molecule has 0 saturated carbocycles. The van der Waals surface area contributed by atoms with Crippen molar-refractivity contribution in [3.63, 3.8) is 0 Å². The summed E-state index contributed by atoms with van der Waals surface area (Å²) in [5.74, 6) is 0.760. The number of amides is 1. The van der Waals surface area contributed by atoms with Crippen LogP contribution in [0.15, 0.2) is 12.1 Å². The SMILES string of the molecule is COc1cc(Cl)c2c(c1)CCCC(=O)N2. The van der Waals surface area contributed by atoms with Crippen molar-refractivity contribution < 1.29 is 9.53 Å². The summed E-state index contributed by atoms with van der Waals surface area (Å²) in [6.07, 6.45) is 2.25.